The van der Waals surface area contributed by atoms with E-state index in [0.717, 1.165) is 0 Å². The van der Waals surface area contributed by atoms with Gasteiger partial charge in [0, 0.05) is 0 Å². The largest absolute Gasteiger partial charge is 0.227 e. The molecule has 0 aliphatic carbocycles. The number of hydrogen-bond donors (Lipinski definition) is 0. The van der Waals surface area contributed by atoms with E-state index in [9.17, 15) is 0 Å². The molecule has 19 heavy (non-hydrogen) atoms. The van der Waals surface area contributed by atoms with Crippen LogP contribution in [0.25, 0.3) is 0 Å². The normalized spacial score (nSPS) is 9.84. The van der Waals surface area contributed by atoms with E-state index in [1.807, 2.05) is 0 Å². The molecule has 0 fully saturated rings. The molecule has 0 saturated heterocycles. The zero-order chi connectivity index (χ0) is 14.6. The van der Waals surface area contributed by atoms with Gasteiger partial charge in [0.1, 0.15) is 5.02 Å². The fourth-order valence-corrected chi connectivity index (χ4v) is 2.01. The number of halogens is 7. The van der Waals surface area contributed by atoms with Crippen LogP contribution in [0.2, 0.25) is 36.5 Å². The Kier molecular flexibility index (Phi) is 7.04. The highest BCUT2D eigenvalue weighted by atomic mass is 35.5. The highest BCUT2D eigenvalue weighted by Crippen LogP contribution is 2.27. The van der Waals surface area contributed by atoms with Gasteiger partial charge in [-0.15, -0.1) is 0 Å². The lowest BCUT2D eigenvalue weighted by molar-refractivity contribution is 1.05. The monoisotopic (exact) mass is 399 g/mol. The first kappa shape index (κ1) is 17.2. The molecule has 0 aromatic carbocycles. The van der Waals surface area contributed by atoms with E-state index in [1.54, 1.807) is 0 Å². The van der Waals surface area contributed by atoms with E-state index >= 15 is 0 Å². The zero-order valence-electron chi connectivity index (χ0n) is 8.38. The molecule has 0 radical (unpaired) electrons. The molecule has 0 saturated carbocycles. The topological polar surface area (TPSA) is 64.5 Å². The van der Waals surface area contributed by atoms with Crippen LogP contribution in [0, 0.1) is 0 Å². The Hall–Kier alpha value is 0.120. The van der Waals surface area contributed by atoms with Crippen LogP contribution < -0.4 is 0 Å². The summed E-state index contributed by atoms with van der Waals surface area (Å²) in [5.74, 6) is 0. The smallest absolute Gasteiger partial charge is 0.204 e. The van der Waals surface area contributed by atoms with Crippen molar-refractivity contribution in [3.05, 3.63) is 36.5 Å². The summed E-state index contributed by atoms with van der Waals surface area (Å²) in [4.78, 5) is 17.5. The number of hydrogen-bond acceptors (Lipinski definition) is 5. The molecule has 2 aromatic rings. The average molecular weight is 402 g/mol. The van der Waals surface area contributed by atoms with Gasteiger partial charge in [-0.05, 0) is 46.4 Å². The predicted octanol–water partition coefficient (Wildman–Crippen LogP) is 4.92. The van der Waals surface area contributed by atoms with Gasteiger partial charge in [-0.2, -0.15) is 15.0 Å². The van der Waals surface area contributed by atoms with Crippen LogP contribution in [0.15, 0.2) is 0 Å². The van der Waals surface area contributed by atoms with Crippen molar-refractivity contribution in [1.29, 1.82) is 0 Å². The molecule has 2 heterocycles. The van der Waals surface area contributed by atoms with Crippen molar-refractivity contribution >= 4 is 81.2 Å². The van der Waals surface area contributed by atoms with Crippen molar-refractivity contribution < 1.29 is 0 Å². The van der Waals surface area contributed by atoms with E-state index in [2.05, 4.69) is 24.9 Å². The average Bonchev–Trinajstić information content (AvgIpc) is 2.24. The van der Waals surface area contributed by atoms with Crippen molar-refractivity contribution in [3.8, 4) is 0 Å². The minimum atomic E-state index is -0.0144. The fourth-order valence-electron chi connectivity index (χ4n) is 0.674. The van der Waals surface area contributed by atoms with Crippen LogP contribution in [-0.2, 0) is 0 Å². The second-order valence-corrected chi connectivity index (χ2v) is 4.98. The van der Waals surface area contributed by atoms with Gasteiger partial charge in [0.05, 0.1) is 0 Å². The molecule has 0 amide bonds. The maximum Gasteiger partial charge on any atom is 0.227 e. The molecule has 5 nitrogen and oxygen atoms in total. The molecule has 0 aliphatic rings. The van der Waals surface area contributed by atoms with E-state index in [0.29, 0.717) is 0 Å². The zero-order valence-corrected chi connectivity index (χ0v) is 13.7. The van der Waals surface area contributed by atoms with Gasteiger partial charge >= 0.3 is 0 Å². The fraction of sp³-hybridized carbons (Fsp3) is 0. The van der Waals surface area contributed by atoms with Crippen molar-refractivity contribution in [2.24, 2.45) is 0 Å². The number of aromatic nitrogens is 5. The van der Waals surface area contributed by atoms with Crippen LogP contribution in [-0.4, -0.2) is 24.9 Å². The van der Waals surface area contributed by atoms with Crippen LogP contribution in [0.4, 0.5) is 0 Å². The minimum absolute atomic E-state index is 0.000000000000000444. The van der Waals surface area contributed by atoms with Gasteiger partial charge < -0.3 is 0 Å². The van der Waals surface area contributed by atoms with Crippen molar-refractivity contribution in [3.63, 3.8) is 0 Å². The van der Waals surface area contributed by atoms with Gasteiger partial charge in [0.15, 0.2) is 10.3 Å². The van der Waals surface area contributed by atoms with Crippen LogP contribution in [0.1, 0.15) is 0 Å². The SMILES string of the molecule is Clc1nc(Cl)c(Cl)c(Cl)n1.Clc1nc(Cl)nc(Cl)n1. The highest BCUT2D eigenvalue weighted by molar-refractivity contribution is 6.47. The summed E-state index contributed by atoms with van der Waals surface area (Å²) < 4.78 is 0. The Morgan fingerprint density at radius 3 is 1.00 bits per heavy atom. The second kappa shape index (κ2) is 7.78. The van der Waals surface area contributed by atoms with Gasteiger partial charge in [-0.25, -0.2) is 9.97 Å². The maximum atomic E-state index is 5.50. The molecule has 2 rings (SSSR count). The van der Waals surface area contributed by atoms with Crippen molar-refractivity contribution in [1.82, 2.24) is 24.9 Å². The first-order chi connectivity index (χ1) is 8.79. The molecule has 12 heteroatoms. The third-order valence-electron chi connectivity index (χ3n) is 1.30. The van der Waals surface area contributed by atoms with Gasteiger partial charge in [0.2, 0.25) is 21.1 Å². The summed E-state index contributed by atoms with van der Waals surface area (Å²) in [5, 5.41) is 0.227. The Balaban J connectivity index is 0.000000191. The van der Waals surface area contributed by atoms with E-state index < -0.39 is 0 Å². The predicted molar refractivity (Wildman–Crippen MR) is 76.9 cm³/mol. The third kappa shape index (κ3) is 5.95. The minimum Gasteiger partial charge on any atom is -0.204 e. The molecule has 0 bridgehead atoms. The Labute approximate surface area is 142 Å². The second-order valence-electron chi connectivity index (χ2n) is 2.53. The van der Waals surface area contributed by atoms with Gasteiger partial charge in [0.25, 0.3) is 0 Å². The molecule has 0 atom stereocenters. The first-order valence-corrected chi connectivity index (χ1v) is 6.70. The lowest BCUT2D eigenvalue weighted by Crippen LogP contribution is -1.87. The van der Waals surface area contributed by atoms with E-state index in [-0.39, 0.29) is 36.5 Å². The summed E-state index contributed by atoms with van der Waals surface area (Å²) in [6.45, 7) is 0. The standard InChI is InChI=1S/C4Cl4N2.C3Cl3N3/c5-1-2(6)9-4(8)10-3(1)7;4-1-7-2(5)9-3(6)8-1. The molecule has 0 unspecified atom stereocenters. The molecule has 102 valence electrons. The molecule has 0 spiro atoms. The molecular weight excluding hydrogens is 402 g/mol. The van der Waals surface area contributed by atoms with E-state index in [1.165, 1.54) is 0 Å². The molecular formula is C7Cl7N5. The lowest BCUT2D eigenvalue weighted by Gasteiger charge is -1.95. The molecule has 2 aromatic heterocycles. The first-order valence-electron chi connectivity index (χ1n) is 4.06. The van der Waals surface area contributed by atoms with Crippen molar-refractivity contribution in [2.45, 2.75) is 0 Å². The summed E-state index contributed by atoms with van der Waals surface area (Å²) >= 11 is 37.8. The molecule has 0 aliphatic heterocycles. The van der Waals surface area contributed by atoms with Gasteiger partial charge in [-0.3, -0.25) is 0 Å². The van der Waals surface area contributed by atoms with E-state index in [4.69, 9.17) is 81.2 Å². The van der Waals surface area contributed by atoms with Crippen LogP contribution >= 0.6 is 81.2 Å². The quantitative estimate of drug-likeness (QED) is 0.462. The number of rotatable bonds is 0. The Morgan fingerprint density at radius 2 is 0.684 bits per heavy atom. The Bertz CT molecular complexity index is 519. The van der Waals surface area contributed by atoms with Crippen LogP contribution in [0.3, 0.4) is 0 Å². The summed E-state index contributed by atoms with van der Waals surface area (Å²) in [6.07, 6.45) is 0. The summed E-state index contributed by atoms with van der Waals surface area (Å²) in [7, 11) is 0. The summed E-state index contributed by atoms with van der Waals surface area (Å²) in [5.41, 5.74) is 0. The summed E-state index contributed by atoms with van der Waals surface area (Å²) in [6, 6.07) is 0. The van der Waals surface area contributed by atoms with Crippen LogP contribution in [0.5, 0.6) is 0 Å². The third-order valence-corrected chi connectivity index (χ3v) is 3.07. The molecule has 0 N–H and O–H groups in total. The lowest BCUT2D eigenvalue weighted by atomic mass is 10.7. The maximum absolute atomic E-state index is 5.50. The Morgan fingerprint density at radius 1 is 0.421 bits per heavy atom. The van der Waals surface area contributed by atoms with Crippen molar-refractivity contribution in [2.75, 3.05) is 0 Å². The highest BCUT2D eigenvalue weighted by Gasteiger charge is 2.06. The van der Waals surface area contributed by atoms with Gasteiger partial charge in [-0.1, -0.05) is 34.8 Å². The number of nitrogens with zero attached hydrogens (tertiary/aromatic N) is 5.